The first-order valence-electron chi connectivity index (χ1n) is 14.4. The molecule has 2 aromatic carbocycles. The van der Waals surface area contributed by atoms with E-state index in [1.807, 2.05) is 49.9 Å². The Morgan fingerprint density at radius 3 is 2.46 bits per heavy atom. The predicted octanol–water partition coefficient (Wildman–Crippen LogP) is 3.73. The van der Waals surface area contributed by atoms with Crippen LogP contribution in [0.4, 0.5) is 4.79 Å². The monoisotopic (exact) mass is 559 g/mol. The minimum absolute atomic E-state index is 0.0126. The lowest BCUT2D eigenvalue weighted by Crippen LogP contribution is -2.53. The zero-order valence-electron chi connectivity index (χ0n) is 23.8. The van der Waals surface area contributed by atoms with Gasteiger partial charge in [-0.15, -0.1) is 0 Å². The largest absolute Gasteiger partial charge is 0.444 e. The lowest BCUT2D eigenvalue weighted by molar-refractivity contribution is -0.0154. The molecule has 4 atom stereocenters. The average molecular weight is 560 g/mol. The van der Waals surface area contributed by atoms with Gasteiger partial charge in [0.25, 0.3) is 11.5 Å². The van der Waals surface area contributed by atoms with E-state index >= 15 is 0 Å². The zero-order chi connectivity index (χ0) is 28.9. The quantitative estimate of drug-likeness (QED) is 0.523. The Kier molecular flexibility index (Phi) is 7.11. The molecule has 3 aromatic rings. The Morgan fingerprint density at radius 1 is 1.05 bits per heavy atom. The Morgan fingerprint density at radius 2 is 1.76 bits per heavy atom. The van der Waals surface area contributed by atoms with Crippen LogP contribution in [0.5, 0.6) is 0 Å². The van der Waals surface area contributed by atoms with Crippen LogP contribution in [0.3, 0.4) is 0 Å². The molecule has 3 unspecified atom stereocenters. The standard InChI is InChI=1S/C32H37N3O6/c1-32(2,3)41-31(39)34-16-23-7-5-4-6-20(23)15-27(34)28(36)17-33-13-12-21-14-22(8-11-26(21)30(33)38)29(37)35-24-9-10-25(35)19-40-18-24/h4-8,11-14,24-25,27-28,36H,9-10,15-19H2,1-3H3/t24?,25?,27-,28?/m0/s1. The summed E-state index contributed by atoms with van der Waals surface area (Å²) in [7, 11) is 0. The summed E-state index contributed by atoms with van der Waals surface area (Å²) in [6.07, 6.45) is 2.50. The highest BCUT2D eigenvalue weighted by Crippen LogP contribution is 2.31. The van der Waals surface area contributed by atoms with Crippen molar-refractivity contribution in [3.63, 3.8) is 0 Å². The summed E-state index contributed by atoms with van der Waals surface area (Å²) in [4.78, 5) is 43.5. The van der Waals surface area contributed by atoms with E-state index in [9.17, 15) is 19.5 Å². The molecular formula is C32H37N3O6. The number of carbonyl (C=O) groups excluding carboxylic acids is 2. The van der Waals surface area contributed by atoms with Gasteiger partial charge >= 0.3 is 6.09 Å². The van der Waals surface area contributed by atoms with Crippen molar-refractivity contribution in [1.82, 2.24) is 14.4 Å². The molecule has 9 nitrogen and oxygen atoms in total. The number of nitrogens with zero attached hydrogens (tertiary/aromatic N) is 3. The van der Waals surface area contributed by atoms with E-state index in [-0.39, 0.29) is 30.1 Å². The summed E-state index contributed by atoms with van der Waals surface area (Å²) in [5.41, 5.74) is 1.70. The lowest BCUT2D eigenvalue weighted by Gasteiger charge is -2.40. The van der Waals surface area contributed by atoms with Crippen LogP contribution in [0, 0.1) is 0 Å². The first-order valence-corrected chi connectivity index (χ1v) is 14.4. The van der Waals surface area contributed by atoms with E-state index < -0.39 is 23.8 Å². The molecule has 6 rings (SSSR count). The molecule has 0 saturated carbocycles. The number of rotatable bonds is 4. The molecule has 0 radical (unpaired) electrons. The molecule has 0 spiro atoms. The number of amides is 2. The van der Waals surface area contributed by atoms with Crippen molar-refractivity contribution in [2.45, 2.75) is 83.0 Å². The maximum Gasteiger partial charge on any atom is 0.410 e. The molecule has 41 heavy (non-hydrogen) atoms. The highest BCUT2D eigenvalue weighted by atomic mass is 16.6. The molecule has 1 N–H and O–H groups in total. The summed E-state index contributed by atoms with van der Waals surface area (Å²) >= 11 is 0. The molecule has 2 saturated heterocycles. The van der Waals surface area contributed by atoms with E-state index in [0.717, 1.165) is 24.0 Å². The van der Waals surface area contributed by atoms with Gasteiger partial charge in [-0.25, -0.2) is 4.79 Å². The van der Waals surface area contributed by atoms with Crippen LogP contribution >= 0.6 is 0 Å². The topological polar surface area (TPSA) is 101 Å². The van der Waals surface area contributed by atoms with E-state index in [1.165, 1.54) is 4.57 Å². The second-order valence-electron chi connectivity index (χ2n) is 12.4. The van der Waals surface area contributed by atoms with Crippen molar-refractivity contribution in [3.05, 3.63) is 81.8 Å². The Balaban J connectivity index is 1.24. The van der Waals surface area contributed by atoms with Crippen molar-refractivity contribution in [1.29, 1.82) is 0 Å². The van der Waals surface area contributed by atoms with E-state index in [2.05, 4.69) is 0 Å². The van der Waals surface area contributed by atoms with Gasteiger partial charge in [-0.1, -0.05) is 24.3 Å². The number of hydrogen-bond donors (Lipinski definition) is 1. The first kappa shape index (κ1) is 27.5. The van der Waals surface area contributed by atoms with Gasteiger partial charge < -0.3 is 24.0 Å². The van der Waals surface area contributed by atoms with Gasteiger partial charge in [0.2, 0.25) is 0 Å². The number of aromatic nitrogens is 1. The number of benzene rings is 2. The van der Waals surface area contributed by atoms with Crippen molar-refractivity contribution in [2.24, 2.45) is 0 Å². The van der Waals surface area contributed by atoms with Gasteiger partial charge in [-0.2, -0.15) is 0 Å². The van der Waals surface area contributed by atoms with Gasteiger partial charge in [0, 0.05) is 23.7 Å². The number of ether oxygens (including phenoxy) is 2. The third-order valence-electron chi connectivity index (χ3n) is 8.44. The van der Waals surface area contributed by atoms with Gasteiger partial charge in [-0.05, 0) is 80.8 Å². The van der Waals surface area contributed by atoms with Crippen LogP contribution < -0.4 is 5.56 Å². The van der Waals surface area contributed by atoms with Gasteiger partial charge in [-0.3, -0.25) is 14.5 Å². The molecule has 9 heteroatoms. The number of pyridine rings is 1. The highest BCUT2D eigenvalue weighted by Gasteiger charge is 2.41. The predicted molar refractivity (Wildman–Crippen MR) is 154 cm³/mol. The summed E-state index contributed by atoms with van der Waals surface area (Å²) < 4.78 is 12.8. The molecule has 216 valence electrons. The zero-order valence-corrected chi connectivity index (χ0v) is 23.8. The van der Waals surface area contributed by atoms with E-state index in [1.54, 1.807) is 35.4 Å². The van der Waals surface area contributed by atoms with Crippen molar-refractivity contribution >= 4 is 22.8 Å². The van der Waals surface area contributed by atoms with Crippen LogP contribution in [0.25, 0.3) is 10.8 Å². The molecule has 3 aliphatic heterocycles. The normalized spacial score (nSPS) is 22.9. The number of aliphatic hydroxyl groups excluding tert-OH is 1. The molecule has 2 amide bonds. The van der Waals surface area contributed by atoms with Gasteiger partial charge in [0.15, 0.2) is 0 Å². The van der Waals surface area contributed by atoms with Crippen LogP contribution in [0.15, 0.2) is 59.5 Å². The summed E-state index contributed by atoms with van der Waals surface area (Å²) in [5, 5.41) is 12.6. The summed E-state index contributed by atoms with van der Waals surface area (Å²) in [6.45, 7) is 6.91. The van der Waals surface area contributed by atoms with Gasteiger partial charge in [0.1, 0.15) is 5.60 Å². The lowest BCUT2D eigenvalue weighted by atomic mass is 9.91. The third kappa shape index (κ3) is 5.36. The van der Waals surface area contributed by atoms with Crippen LogP contribution in [-0.2, 0) is 29.0 Å². The smallest absolute Gasteiger partial charge is 0.410 e. The fourth-order valence-corrected chi connectivity index (χ4v) is 6.41. The summed E-state index contributed by atoms with van der Waals surface area (Å²) in [6, 6.07) is 14.5. The van der Waals surface area contributed by atoms with E-state index in [0.29, 0.717) is 42.5 Å². The maximum atomic E-state index is 13.5. The average Bonchev–Trinajstić information content (AvgIpc) is 3.19. The fourth-order valence-electron chi connectivity index (χ4n) is 6.41. The van der Waals surface area contributed by atoms with Crippen LogP contribution in [0.1, 0.15) is 55.1 Å². The number of fused-ring (bicyclic) bond motifs is 4. The number of hydrogen-bond acceptors (Lipinski definition) is 6. The molecule has 0 aliphatic carbocycles. The third-order valence-corrected chi connectivity index (χ3v) is 8.44. The highest BCUT2D eigenvalue weighted by molar-refractivity contribution is 5.99. The van der Waals surface area contributed by atoms with Crippen molar-refractivity contribution in [2.75, 3.05) is 13.2 Å². The molecule has 1 aromatic heterocycles. The van der Waals surface area contributed by atoms with Crippen molar-refractivity contribution in [3.8, 4) is 0 Å². The second kappa shape index (κ2) is 10.6. The fraction of sp³-hybridized carbons (Fsp3) is 0.469. The van der Waals surface area contributed by atoms with Crippen LogP contribution in [0.2, 0.25) is 0 Å². The molecule has 4 heterocycles. The Bertz CT molecular complexity index is 1530. The van der Waals surface area contributed by atoms with E-state index in [4.69, 9.17) is 9.47 Å². The number of carbonyl (C=O) groups is 2. The summed E-state index contributed by atoms with van der Waals surface area (Å²) in [5.74, 6) is -0.0258. The number of morpholine rings is 1. The minimum Gasteiger partial charge on any atom is -0.444 e. The Labute approximate surface area is 239 Å². The molecule has 2 fully saturated rings. The minimum atomic E-state index is -1.01. The number of aliphatic hydroxyl groups is 1. The van der Waals surface area contributed by atoms with Crippen LogP contribution in [-0.4, -0.2) is 74.5 Å². The first-order chi connectivity index (χ1) is 19.6. The SMILES string of the molecule is CC(C)(C)OC(=O)N1Cc2ccccc2C[C@H]1C(O)Cn1ccc2cc(C(=O)N3C4CCC3COC4)ccc2c1=O. The molecule has 3 aliphatic rings. The molecular weight excluding hydrogens is 522 g/mol. The molecule has 2 bridgehead atoms. The Hall–Kier alpha value is -3.69. The maximum absolute atomic E-state index is 13.5. The van der Waals surface area contributed by atoms with Crippen molar-refractivity contribution < 1.29 is 24.2 Å². The second-order valence-corrected chi connectivity index (χ2v) is 12.4. The van der Waals surface area contributed by atoms with Gasteiger partial charge in [0.05, 0.1) is 44.0 Å².